The van der Waals surface area contributed by atoms with Crippen LogP contribution in [0.2, 0.25) is 0 Å². The Hall–Kier alpha value is -3.70. The maximum atomic E-state index is 12.7. The van der Waals surface area contributed by atoms with E-state index in [4.69, 9.17) is 14.2 Å². The Kier molecular flexibility index (Phi) is 50.5. The molecule has 0 amide bonds. The Morgan fingerprint density at radius 1 is 0.359 bits per heavy atom. The standard InChI is InChI=1S/C59H96O5/c1-4-7-10-13-16-19-22-25-27-29-30-31-32-35-37-40-43-46-49-52-58(60)63-56-57(64-59(61)53-50-47-44-41-38-34-24-21-18-15-12-9-6-3)55-62-54-51-48-45-42-39-36-33-28-26-23-20-17-14-11-8-5-2/h8-9,11-12,17-18,20-21,25-28,34,36,38-39,44-45,47-48,57H,4-7,10,13-16,19,22-24,29-33,35,37,40-43,46,49-56H2,1-3H3/b11-8-,12-9-,20-17-,21-18-,27-25-,28-26-,38-34-,39-36-,47-44-,48-45-. The molecule has 0 aliphatic heterocycles. The smallest absolute Gasteiger partial charge is 0.306 e. The Bertz CT molecular complexity index is 1320. The van der Waals surface area contributed by atoms with Crippen LogP contribution in [0.15, 0.2) is 122 Å². The van der Waals surface area contributed by atoms with Crippen LogP contribution < -0.4 is 0 Å². The number of hydrogen-bond donors (Lipinski definition) is 0. The minimum absolute atomic E-state index is 0.0190. The maximum Gasteiger partial charge on any atom is 0.306 e. The number of ether oxygens (including phenoxy) is 3. The molecule has 1 unspecified atom stereocenters. The van der Waals surface area contributed by atoms with Gasteiger partial charge in [0.1, 0.15) is 6.61 Å². The van der Waals surface area contributed by atoms with Crippen molar-refractivity contribution in [2.75, 3.05) is 19.8 Å². The van der Waals surface area contributed by atoms with Crippen LogP contribution in [0, 0.1) is 0 Å². The second kappa shape index (κ2) is 53.6. The van der Waals surface area contributed by atoms with Gasteiger partial charge in [0.25, 0.3) is 0 Å². The van der Waals surface area contributed by atoms with Crippen molar-refractivity contribution in [1.29, 1.82) is 0 Å². The van der Waals surface area contributed by atoms with Crippen LogP contribution in [-0.4, -0.2) is 37.9 Å². The van der Waals surface area contributed by atoms with Crippen LogP contribution in [0.5, 0.6) is 0 Å². The van der Waals surface area contributed by atoms with Gasteiger partial charge in [-0.15, -0.1) is 0 Å². The Morgan fingerprint density at radius 2 is 0.734 bits per heavy atom. The molecular formula is C59H96O5. The van der Waals surface area contributed by atoms with E-state index in [0.29, 0.717) is 19.4 Å². The summed E-state index contributed by atoms with van der Waals surface area (Å²) in [6.45, 7) is 7.29. The van der Waals surface area contributed by atoms with E-state index in [1.54, 1.807) is 0 Å². The van der Waals surface area contributed by atoms with E-state index < -0.39 is 6.10 Å². The molecule has 0 radical (unpaired) electrons. The first-order chi connectivity index (χ1) is 31.6. The molecular weight excluding hydrogens is 789 g/mol. The Labute approximate surface area is 395 Å². The summed E-state index contributed by atoms with van der Waals surface area (Å²) in [6.07, 6.45) is 75.3. The van der Waals surface area contributed by atoms with E-state index in [0.717, 1.165) is 83.5 Å². The van der Waals surface area contributed by atoms with Crippen molar-refractivity contribution in [2.45, 2.75) is 219 Å². The molecule has 1 atom stereocenters. The van der Waals surface area contributed by atoms with Gasteiger partial charge in [-0.25, -0.2) is 0 Å². The van der Waals surface area contributed by atoms with E-state index in [-0.39, 0.29) is 31.6 Å². The van der Waals surface area contributed by atoms with Crippen molar-refractivity contribution in [3.63, 3.8) is 0 Å². The summed E-state index contributed by atoms with van der Waals surface area (Å²) in [6, 6.07) is 0. The molecule has 0 aliphatic carbocycles. The molecule has 0 rings (SSSR count). The first kappa shape index (κ1) is 60.3. The molecule has 0 aromatic heterocycles. The molecule has 0 fully saturated rings. The van der Waals surface area contributed by atoms with Gasteiger partial charge in [0.2, 0.25) is 0 Å². The molecule has 0 bridgehead atoms. The molecule has 362 valence electrons. The van der Waals surface area contributed by atoms with Crippen LogP contribution in [0.3, 0.4) is 0 Å². The zero-order chi connectivity index (χ0) is 46.3. The third-order valence-electron chi connectivity index (χ3n) is 10.5. The molecule has 0 aromatic carbocycles. The van der Waals surface area contributed by atoms with Gasteiger partial charge >= 0.3 is 11.9 Å². The molecule has 0 spiro atoms. The summed E-state index contributed by atoms with van der Waals surface area (Å²) in [5, 5.41) is 0. The first-order valence-corrected chi connectivity index (χ1v) is 26.1. The summed E-state index contributed by atoms with van der Waals surface area (Å²) in [4.78, 5) is 25.4. The summed E-state index contributed by atoms with van der Waals surface area (Å²) < 4.78 is 17.2. The number of hydrogen-bond acceptors (Lipinski definition) is 5. The second-order valence-corrected chi connectivity index (χ2v) is 16.7. The highest BCUT2D eigenvalue weighted by Gasteiger charge is 2.17. The van der Waals surface area contributed by atoms with Crippen molar-refractivity contribution in [1.82, 2.24) is 0 Å². The molecule has 0 aromatic rings. The van der Waals surface area contributed by atoms with Gasteiger partial charge in [-0.1, -0.05) is 219 Å². The second-order valence-electron chi connectivity index (χ2n) is 16.7. The van der Waals surface area contributed by atoms with Gasteiger partial charge in [-0.3, -0.25) is 9.59 Å². The molecule has 0 heterocycles. The topological polar surface area (TPSA) is 61.8 Å². The molecule has 0 saturated heterocycles. The summed E-state index contributed by atoms with van der Waals surface area (Å²) in [5.41, 5.74) is 0. The van der Waals surface area contributed by atoms with E-state index in [1.165, 1.54) is 89.9 Å². The molecule has 5 heteroatoms. The zero-order valence-corrected chi connectivity index (χ0v) is 41.5. The summed E-state index contributed by atoms with van der Waals surface area (Å²) in [5.74, 6) is -0.541. The van der Waals surface area contributed by atoms with Crippen molar-refractivity contribution in [2.24, 2.45) is 0 Å². The third-order valence-corrected chi connectivity index (χ3v) is 10.5. The lowest BCUT2D eigenvalue weighted by Crippen LogP contribution is -2.30. The lowest BCUT2D eigenvalue weighted by atomic mass is 10.1. The van der Waals surface area contributed by atoms with E-state index >= 15 is 0 Å². The SMILES string of the molecule is CC/C=C\C/C=C\C/C=C\C/C=C\C/C=C\CCOCC(COC(=O)CCCCCCCCCCC/C=C\CCCCCCCC)OC(=O)CC/C=C\C/C=C\C/C=C\C/C=C\CC. The quantitative estimate of drug-likeness (QED) is 0.0346. The predicted molar refractivity (Wildman–Crippen MR) is 279 cm³/mol. The zero-order valence-electron chi connectivity index (χ0n) is 41.5. The highest BCUT2D eigenvalue weighted by molar-refractivity contribution is 5.70. The van der Waals surface area contributed by atoms with Gasteiger partial charge in [-0.2, -0.15) is 0 Å². The van der Waals surface area contributed by atoms with Crippen LogP contribution in [0.1, 0.15) is 213 Å². The van der Waals surface area contributed by atoms with Crippen molar-refractivity contribution in [3.05, 3.63) is 122 Å². The minimum Gasteiger partial charge on any atom is -0.462 e. The van der Waals surface area contributed by atoms with Crippen LogP contribution in [0.25, 0.3) is 0 Å². The lowest BCUT2D eigenvalue weighted by Gasteiger charge is -2.18. The monoisotopic (exact) mass is 885 g/mol. The fourth-order valence-electron chi connectivity index (χ4n) is 6.70. The average molecular weight is 885 g/mol. The molecule has 0 N–H and O–H groups in total. The summed E-state index contributed by atoms with van der Waals surface area (Å²) >= 11 is 0. The fraction of sp³-hybridized carbons (Fsp3) is 0.627. The maximum absolute atomic E-state index is 12.7. The first-order valence-electron chi connectivity index (χ1n) is 26.1. The lowest BCUT2D eigenvalue weighted by molar-refractivity contribution is -0.162. The number of carbonyl (C=O) groups is 2. The number of allylic oxidation sites excluding steroid dienone is 19. The molecule has 0 saturated carbocycles. The average Bonchev–Trinajstić information content (AvgIpc) is 3.30. The van der Waals surface area contributed by atoms with E-state index in [9.17, 15) is 9.59 Å². The number of unbranched alkanes of at least 4 members (excludes halogenated alkanes) is 15. The van der Waals surface area contributed by atoms with Gasteiger partial charge in [0, 0.05) is 12.8 Å². The highest BCUT2D eigenvalue weighted by Crippen LogP contribution is 2.13. The Morgan fingerprint density at radius 3 is 1.19 bits per heavy atom. The normalized spacial score (nSPS) is 13.2. The highest BCUT2D eigenvalue weighted by atomic mass is 16.6. The largest absolute Gasteiger partial charge is 0.462 e. The van der Waals surface area contributed by atoms with Gasteiger partial charge in [0.05, 0.1) is 13.2 Å². The van der Waals surface area contributed by atoms with Crippen molar-refractivity contribution in [3.8, 4) is 0 Å². The van der Waals surface area contributed by atoms with Crippen LogP contribution in [0.4, 0.5) is 0 Å². The molecule has 64 heavy (non-hydrogen) atoms. The van der Waals surface area contributed by atoms with Gasteiger partial charge in [0.15, 0.2) is 6.10 Å². The third kappa shape index (κ3) is 50.9. The minimum atomic E-state index is -0.622. The molecule has 0 aliphatic rings. The summed E-state index contributed by atoms with van der Waals surface area (Å²) in [7, 11) is 0. The van der Waals surface area contributed by atoms with E-state index in [1.807, 2.05) is 6.08 Å². The fourth-order valence-corrected chi connectivity index (χ4v) is 6.70. The number of rotatable bonds is 46. The van der Waals surface area contributed by atoms with E-state index in [2.05, 4.69) is 136 Å². The Balaban J connectivity index is 4.43. The van der Waals surface area contributed by atoms with Crippen molar-refractivity contribution < 1.29 is 23.8 Å². The number of esters is 2. The van der Waals surface area contributed by atoms with Crippen LogP contribution >= 0.6 is 0 Å². The predicted octanol–water partition coefficient (Wildman–Crippen LogP) is 17.8. The van der Waals surface area contributed by atoms with Gasteiger partial charge < -0.3 is 14.2 Å². The molecule has 5 nitrogen and oxygen atoms in total. The van der Waals surface area contributed by atoms with Crippen LogP contribution in [-0.2, 0) is 23.8 Å². The van der Waals surface area contributed by atoms with Crippen molar-refractivity contribution >= 4 is 11.9 Å². The van der Waals surface area contributed by atoms with Gasteiger partial charge in [-0.05, 0) is 103 Å². The number of carbonyl (C=O) groups excluding carboxylic acids is 2.